The zero-order valence-electron chi connectivity index (χ0n) is 20.2. The van der Waals surface area contributed by atoms with E-state index in [2.05, 4.69) is 70.5 Å². The van der Waals surface area contributed by atoms with Crippen LogP contribution in [0.5, 0.6) is 0 Å². The van der Waals surface area contributed by atoms with Gasteiger partial charge >= 0.3 is 0 Å². The second kappa shape index (κ2) is 9.54. The van der Waals surface area contributed by atoms with Crippen molar-refractivity contribution in [3.8, 4) is 0 Å². The van der Waals surface area contributed by atoms with Crippen molar-refractivity contribution in [2.75, 3.05) is 32.7 Å². The van der Waals surface area contributed by atoms with E-state index >= 15 is 0 Å². The van der Waals surface area contributed by atoms with Crippen molar-refractivity contribution < 1.29 is 4.79 Å². The lowest BCUT2D eigenvalue weighted by Gasteiger charge is -2.41. The summed E-state index contributed by atoms with van der Waals surface area (Å²) in [6.45, 7) is 6.41. The van der Waals surface area contributed by atoms with Crippen LogP contribution in [0.15, 0.2) is 78.9 Å². The highest BCUT2D eigenvalue weighted by atomic mass is 35.5. The fraction of sp³-hybridized carbons (Fsp3) is 0.387. The van der Waals surface area contributed by atoms with Crippen LogP contribution in [0, 0.1) is 5.92 Å². The van der Waals surface area contributed by atoms with Gasteiger partial charge in [-0.15, -0.1) is 0 Å². The molecule has 2 saturated heterocycles. The van der Waals surface area contributed by atoms with Crippen LogP contribution >= 0.6 is 11.6 Å². The molecule has 0 amide bonds. The molecule has 6 rings (SSSR count). The molecule has 0 N–H and O–H groups in total. The summed E-state index contributed by atoms with van der Waals surface area (Å²) < 4.78 is 0. The third-order valence-corrected chi connectivity index (χ3v) is 8.88. The van der Waals surface area contributed by atoms with Gasteiger partial charge in [0.25, 0.3) is 0 Å². The molecule has 3 aliphatic rings. The van der Waals surface area contributed by atoms with Gasteiger partial charge < -0.3 is 4.90 Å². The number of carbonyl (C=O) groups excluding carboxylic acids is 1. The second-order valence-electron chi connectivity index (χ2n) is 10.8. The van der Waals surface area contributed by atoms with E-state index in [1.54, 1.807) is 0 Å². The standard InChI is InChI=1S/C31H33ClN2O/c32-26-10-6-9-24(17-26)28-22-34(19-23-7-2-1-3-8-23)21-25(28)20-33-15-13-31(14-16-33)18-30(35)27-11-4-5-12-29(27)31/h1-12,17,25,28H,13-16,18-22H2/t25?,28-/m1/s1. The molecule has 180 valence electrons. The first-order valence-corrected chi connectivity index (χ1v) is 13.3. The summed E-state index contributed by atoms with van der Waals surface area (Å²) in [5, 5.41) is 0.826. The topological polar surface area (TPSA) is 23.6 Å². The average molecular weight is 485 g/mol. The van der Waals surface area contributed by atoms with Gasteiger partial charge in [-0.25, -0.2) is 0 Å². The minimum absolute atomic E-state index is 0.0611. The molecular weight excluding hydrogens is 452 g/mol. The van der Waals surface area contributed by atoms with Crippen LogP contribution in [-0.2, 0) is 12.0 Å². The predicted octanol–water partition coefficient (Wildman–Crippen LogP) is 6.18. The normalized spacial score (nSPS) is 24.2. The molecule has 0 aromatic heterocycles. The molecule has 0 bridgehead atoms. The number of Topliss-reactive ketones (excluding diaryl/α,β-unsaturated/α-hetero) is 1. The Morgan fingerprint density at radius 2 is 1.63 bits per heavy atom. The molecule has 3 aromatic rings. The van der Waals surface area contributed by atoms with E-state index in [1.807, 2.05) is 18.2 Å². The number of nitrogens with zero attached hydrogens (tertiary/aromatic N) is 2. The minimum atomic E-state index is 0.0611. The molecular formula is C31H33ClN2O. The van der Waals surface area contributed by atoms with Crippen LogP contribution in [0.25, 0.3) is 0 Å². The zero-order valence-corrected chi connectivity index (χ0v) is 21.0. The molecule has 1 spiro atoms. The SMILES string of the molecule is O=C1CC2(CCN(CC3CN(Cc4ccccc4)C[C@@H]3c3cccc(Cl)c3)CC2)c2ccccc21. The zero-order chi connectivity index (χ0) is 23.8. The van der Waals surface area contributed by atoms with Crippen molar-refractivity contribution in [3.05, 3.63) is 106 Å². The number of hydrogen-bond acceptors (Lipinski definition) is 3. The fourth-order valence-electron chi connectivity index (χ4n) is 6.86. The molecule has 2 fully saturated rings. The van der Waals surface area contributed by atoms with E-state index < -0.39 is 0 Å². The van der Waals surface area contributed by atoms with Crippen LogP contribution in [0.2, 0.25) is 5.02 Å². The summed E-state index contributed by atoms with van der Waals surface area (Å²) in [5.41, 5.74) is 5.07. The number of ketones is 1. The largest absolute Gasteiger partial charge is 0.303 e. The van der Waals surface area contributed by atoms with Gasteiger partial charge in [0.2, 0.25) is 0 Å². The Morgan fingerprint density at radius 1 is 0.857 bits per heavy atom. The van der Waals surface area contributed by atoms with Gasteiger partial charge in [-0.3, -0.25) is 9.69 Å². The van der Waals surface area contributed by atoms with Crippen molar-refractivity contribution in [2.24, 2.45) is 5.92 Å². The van der Waals surface area contributed by atoms with E-state index in [9.17, 15) is 4.79 Å². The Kier molecular flexibility index (Phi) is 6.26. The molecule has 3 nitrogen and oxygen atoms in total. The van der Waals surface area contributed by atoms with Crippen LogP contribution in [-0.4, -0.2) is 48.3 Å². The number of likely N-dealkylation sites (tertiary alicyclic amines) is 2. The minimum Gasteiger partial charge on any atom is -0.303 e. The van der Waals surface area contributed by atoms with Crippen LogP contribution in [0.1, 0.15) is 52.2 Å². The molecule has 2 atom stereocenters. The molecule has 2 heterocycles. The van der Waals surface area contributed by atoms with Crippen LogP contribution in [0.4, 0.5) is 0 Å². The monoisotopic (exact) mass is 484 g/mol. The van der Waals surface area contributed by atoms with Gasteiger partial charge in [0, 0.05) is 54.5 Å². The maximum Gasteiger partial charge on any atom is 0.164 e. The van der Waals surface area contributed by atoms with Gasteiger partial charge in [0.1, 0.15) is 0 Å². The highest BCUT2D eigenvalue weighted by molar-refractivity contribution is 6.30. The predicted molar refractivity (Wildman–Crippen MR) is 142 cm³/mol. The number of piperidine rings is 1. The van der Waals surface area contributed by atoms with Gasteiger partial charge in [-0.2, -0.15) is 0 Å². The Morgan fingerprint density at radius 3 is 2.43 bits per heavy atom. The first kappa shape index (κ1) is 23.0. The number of carbonyl (C=O) groups is 1. The quantitative estimate of drug-likeness (QED) is 0.432. The highest BCUT2D eigenvalue weighted by Crippen LogP contribution is 2.46. The summed E-state index contributed by atoms with van der Waals surface area (Å²) in [6, 6.07) is 27.6. The van der Waals surface area contributed by atoms with Crippen LogP contribution < -0.4 is 0 Å². The third kappa shape index (κ3) is 4.58. The van der Waals surface area contributed by atoms with E-state index in [1.165, 1.54) is 16.7 Å². The maximum absolute atomic E-state index is 12.7. The van der Waals surface area contributed by atoms with Crippen molar-refractivity contribution in [2.45, 2.75) is 37.1 Å². The number of rotatable bonds is 5. The van der Waals surface area contributed by atoms with E-state index in [0.717, 1.165) is 62.7 Å². The first-order valence-electron chi connectivity index (χ1n) is 13.0. The average Bonchev–Trinajstić information content (AvgIpc) is 3.39. The number of benzene rings is 3. The lowest BCUT2D eigenvalue weighted by Crippen LogP contribution is -2.44. The summed E-state index contributed by atoms with van der Waals surface area (Å²) in [5.74, 6) is 1.40. The van der Waals surface area contributed by atoms with Gasteiger partial charge in [-0.05, 0) is 60.7 Å². The number of fused-ring (bicyclic) bond motifs is 2. The number of halogens is 1. The molecule has 2 aliphatic heterocycles. The smallest absolute Gasteiger partial charge is 0.164 e. The van der Waals surface area contributed by atoms with E-state index in [0.29, 0.717) is 24.0 Å². The summed E-state index contributed by atoms with van der Waals surface area (Å²) in [6.07, 6.45) is 2.86. The maximum atomic E-state index is 12.7. The first-order chi connectivity index (χ1) is 17.1. The molecule has 35 heavy (non-hydrogen) atoms. The lowest BCUT2D eigenvalue weighted by molar-refractivity contribution is 0.0922. The molecule has 4 heteroatoms. The summed E-state index contributed by atoms with van der Waals surface area (Å²) in [4.78, 5) is 18.0. The lowest BCUT2D eigenvalue weighted by atomic mass is 9.73. The van der Waals surface area contributed by atoms with Crippen molar-refractivity contribution in [3.63, 3.8) is 0 Å². The second-order valence-corrected chi connectivity index (χ2v) is 11.3. The van der Waals surface area contributed by atoms with Gasteiger partial charge in [0.15, 0.2) is 5.78 Å². The van der Waals surface area contributed by atoms with Crippen molar-refractivity contribution >= 4 is 17.4 Å². The van der Waals surface area contributed by atoms with Gasteiger partial charge in [0.05, 0.1) is 0 Å². The molecule has 1 aliphatic carbocycles. The van der Waals surface area contributed by atoms with E-state index in [4.69, 9.17) is 11.6 Å². The summed E-state index contributed by atoms with van der Waals surface area (Å²) >= 11 is 6.40. The Labute approximate surface area is 213 Å². The molecule has 1 unspecified atom stereocenters. The fourth-order valence-corrected chi connectivity index (χ4v) is 7.06. The Hall–Kier alpha value is -2.46. The van der Waals surface area contributed by atoms with Crippen LogP contribution in [0.3, 0.4) is 0 Å². The van der Waals surface area contributed by atoms with Crippen molar-refractivity contribution in [1.29, 1.82) is 0 Å². The summed E-state index contributed by atoms with van der Waals surface area (Å²) in [7, 11) is 0. The highest BCUT2D eigenvalue weighted by Gasteiger charge is 2.45. The Bertz CT molecular complexity index is 1200. The third-order valence-electron chi connectivity index (χ3n) is 8.65. The van der Waals surface area contributed by atoms with Crippen molar-refractivity contribution in [1.82, 2.24) is 9.80 Å². The molecule has 0 saturated carbocycles. The Balaban J connectivity index is 1.17. The molecule has 3 aromatic carbocycles. The number of hydrogen-bond donors (Lipinski definition) is 0. The van der Waals surface area contributed by atoms with E-state index in [-0.39, 0.29) is 5.41 Å². The molecule has 0 radical (unpaired) electrons. The van der Waals surface area contributed by atoms with Gasteiger partial charge in [-0.1, -0.05) is 78.3 Å².